The second-order valence-electron chi connectivity index (χ2n) is 7.57. The zero-order valence-corrected chi connectivity index (χ0v) is 19.8. The number of nitrogens with one attached hydrogen (secondary N) is 1. The largest absolute Gasteiger partial charge is 0.494 e. The maximum atomic E-state index is 12.4. The van der Waals surface area contributed by atoms with E-state index in [1.54, 1.807) is 0 Å². The van der Waals surface area contributed by atoms with E-state index in [1.165, 1.54) is 11.8 Å². The summed E-state index contributed by atoms with van der Waals surface area (Å²) >= 11 is 1.37. The van der Waals surface area contributed by atoms with Gasteiger partial charge in [0.05, 0.1) is 19.0 Å². The van der Waals surface area contributed by atoms with E-state index in [2.05, 4.69) is 29.4 Å². The fourth-order valence-corrected chi connectivity index (χ4v) is 3.79. The molecule has 3 rings (SSSR count). The molecule has 32 heavy (non-hydrogen) atoms. The molecule has 1 heterocycles. The lowest BCUT2D eigenvalue weighted by Gasteiger charge is -2.10. The van der Waals surface area contributed by atoms with Crippen molar-refractivity contribution in [2.45, 2.75) is 39.4 Å². The first-order chi connectivity index (χ1) is 15.5. The van der Waals surface area contributed by atoms with Gasteiger partial charge in [-0.15, -0.1) is 10.2 Å². The number of hydrogen-bond acceptors (Lipinski definition) is 6. The summed E-state index contributed by atoms with van der Waals surface area (Å²) in [6, 6.07) is 15.2. The molecular weight excluding hydrogens is 424 g/mol. The summed E-state index contributed by atoms with van der Waals surface area (Å²) in [5, 5.41) is 12.3. The number of rotatable bonds is 11. The Labute approximate surface area is 193 Å². The van der Waals surface area contributed by atoms with Crippen molar-refractivity contribution >= 4 is 23.4 Å². The predicted molar refractivity (Wildman–Crippen MR) is 128 cm³/mol. The van der Waals surface area contributed by atoms with Crippen molar-refractivity contribution < 1.29 is 14.3 Å². The standard InChI is InChI=1S/C24H30N4O3S/c1-5-28-23(18-7-11-21(12-8-18)31-15-17(3)4)26-27-24(28)32-16-22(29)25-19-9-13-20(14-10-19)30-6-2/h7-14,17H,5-6,15-16H2,1-4H3,(H,25,29). The minimum absolute atomic E-state index is 0.0991. The van der Waals surface area contributed by atoms with Crippen molar-refractivity contribution in [1.82, 2.24) is 14.8 Å². The van der Waals surface area contributed by atoms with Crippen molar-refractivity contribution in [2.75, 3.05) is 24.3 Å². The van der Waals surface area contributed by atoms with Gasteiger partial charge < -0.3 is 19.4 Å². The Morgan fingerprint density at radius 2 is 1.66 bits per heavy atom. The molecule has 0 fully saturated rings. The quantitative estimate of drug-likeness (QED) is 0.405. The third kappa shape index (κ3) is 6.50. The van der Waals surface area contributed by atoms with E-state index in [0.29, 0.717) is 30.8 Å². The topological polar surface area (TPSA) is 78.3 Å². The van der Waals surface area contributed by atoms with Crippen LogP contribution in [0.1, 0.15) is 27.7 Å². The van der Waals surface area contributed by atoms with E-state index >= 15 is 0 Å². The van der Waals surface area contributed by atoms with Crippen LogP contribution in [0.5, 0.6) is 11.5 Å². The van der Waals surface area contributed by atoms with Gasteiger partial charge in [0.25, 0.3) is 0 Å². The maximum Gasteiger partial charge on any atom is 0.234 e. The number of hydrogen-bond donors (Lipinski definition) is 1. The number of carbonyl (C=O) groups excluding carboxylic acids is 1. The molecule has 0 spiro atoms. The van der Waals surface area contributed by atoms with Crippen LogP contribution in [-0.2, 0) is 11.3 Å². The summed E-state index contributed by atoms with van der Waals surface area (Å²) in [6.45, 7) is 10.2. The summed E-state index contributed by atoms with van der Waals surface area (Å²) in [5.74, 6) is 3.01. The van der Waals surface area contributed by atoms with Gasteiger partial charge in [-0.2, -0.15) is 0 Å². The van der Waals surface area contributed by atoms with Crippen LogP contribution in [0.4, 0.5) is 5.69 Å². The molecule has 8 heteroatoms. The predicted octanol–water partition coefficient (Wildman–Crippen LogP) is 5.13. The molecule has 0 radical (unpaired) electrons. The van der Waals surface area contributed by atoms with Crippen molar-refractivity contribution in [2.24, 2.45) is 5.92 Å². The molecule has 1 N–H and O–H groups in total. The zero-order chi connectivity index (χ0) is 22.9. The second kappa shape index (κ2) is 11.6. The van der Waals surface area contributed by atoms with E-state index in [1.807, 2.05) is 66.9 Å². The third-order valence-corrected chi connectivity index (χ3v) is 5.48. The summed E-state index contributed by atoms with van der Waals surface area (Å²) in [5.41, 5.74) is 1.69. The van der Waals surface area contributed by atoms with Gasteiger partial charge in [-0.25, -0.2) is 0 Å². The molecular formula is C24H30N4O3S. The zero-order valence-electron chi connectivity index (χ0n) is 19.0. The molecule has 1 aromatic heterocycles. The molecule has 0 atom stereocenters. The monoisotopic (exact) mass is 454 g/mol. The van der Waals surface area contributed by atoms with Crippen LogP contribution in [0.3, 0.4) is 0 Å². The van der Waals surface area contributed by atoms with Crippen LogP contribution >= 0.6 is 11.8 Å². The minimum Gasteiger partial charge on any atom is -0.494 e. The number of anilines is 1. The number of thioether (sulfide) groups is 1. The fraction of sp³-hybridized carbons (Fsp3) is 0.375. The second-order valence-corrected chi connectivity index (χ2v) is 8.52. The first-order valence-corrected chi connectivity index (χ1v) is 11.8. The molecule has 0 aliphatic carbocycles. The van der Waals surface area contributed by atoms with Crippen molar-refractivity contribution in [1.29, 1.82) is 0 Å². The van der Waals surface area contributed by atoms with Crippen LogP contribution in [0.25, 0.3) is 11.4 Å². The molecule has 7 nitrogen and oxygen atoms in total. The van der Waals surface area contributed by atoms with Crippen molar-refractivity contribution in [3.8, 4) is 22.9 Å². The molecule has 0 bridgehead atoms. The number of nitrogens with zero attached hydrogens (tertiary/aromatic N) is 3. The van der Waals surface area contributed by atoms with Gasteiger partial charge in [-0.1, -0.05) is 25.6 Å². The normalized spacial score (nSPS) is 10.9. The van der Waals surface area contributed by atoms with Gasteiger partial charge in [0.2, 0.25) is 5.91 Å². The number of carbonyl (C=O) groups is 1. The van der Waals surface area contributed by atoms with Gasteiger partial charge in [0.1, 0.15) is 11.5 Å². The molecule has 0 unspecified atom stereocenters. The van der Waals surface area contributed by atoms with Crippen LogP contribution in [0, 0.1) is 5.92 Å². The van der Waals surface area contributed by atoms with Crippen molar-refractivity contribution in [3.63, 3.8) is 0 Å². The van der Waals surface area contributed by atoms with Gasteiger partial charge in [-0.05, 0) is 68.3 Å². The molecule has 1 amide bonds. The summed E-state index contributed by atoms with van der Waals surface area (Å²) in [4.78, 5) is 12.4. The summed E-state index contributed by atoms with van der Waals surface area (Å²) in [7, 11) is 0. The Morgan fingerprint density at radius 1 is 1.00 bits per heavy atom. The van der Waals surface area contributed by atoms with Crippen molar-refractivity contribution in [3.05, 3.63) is 48.5 Å². The Balaban J connectivity index is 1.60. The van der Waals surface area contributed by atoms with Gasteiger partial charge >= 0.3 is 0 Å². The maximum absolute atomic E-state index is 12.4. The fourth-order valence-electron chi connectivity index (χ4n) is 2.99. The van der Waals surface area contributed by atoms with E-state index < -0.39 is 0 Å². The molecule has 0 aliphatic rings. The highest BCUT2D eigenvalue weighted by Crippen LogP contribution is 2.26. The Bertz CT molecular complexity index is 1000. The smallest absolute Gasteiger partial charge is 0.234 e. The van der Waals surface area contributed by atoms with E-state index in [-0.39, 0.29) is 11.7 Å². The lowest BCUT2D eigenvalue weighted by molar-refractivity contribution is -0.113. The molecule has 0 aliphatic heterocycles. The van der Waals surface area contributed by atoms with Crippen LogP contribution in [-0.4, -0.2) is 39.6 Å². The average Bonchev–Trinajstić information content (AvgIpc) is 3.21. The minimum atomic E-state index is -0.0991. The SMILES string of the molecule is CCOc1ccc(NC(=O)CSc2nnc(-c3ccc(OCC(C)C)cc3)n2CC)cc1. The van der Waals surface area contributed by atoms with E-state index in [4.69, 9.17) is 9.47 Å². The number of amides is 1. The molecule has 2 aromatic carbocycles. The van der Waals surface area contributed by atoms with E-state index in [0.717, 1.165) is 28.6 Å². The Hall–Kier alpha value is -3.00. The highest BCUT2D eigenvalue weighted by Gasteiger charge is 2.15. The highest BCUT2D eigenvalue weighted by atomic mass is 32.2. The number of aromatic nitrogens is 3. The van der Waals surface area contributed by atoms with Crippen LogP contribution in [0.15, 0.2) is 53.7 Å². The Kier molecular flexibility index (Phi) is 8.56. The van der Waals surface area contributed by atoms with Gasteiger partial charge in [0, 0.05) is 17.8 Å². The molecule has 0 saturated heterocycles. The van der Waals surface area contributed by atoms with Crippen LogP contribution < -0.4 is 14.8 Å². The molecule has 3 aromatic rings. The third-order valence-electron chi connectivity index (χ3n) is 4.51. The lowest BCUT2D eigenvalue weighted by Crippen LogP contribution is -2.14. The summed E-state index contributed by atoms with van der Waals surface area (Å²) in [6.07, 6.45) is 0. The Morgan fingerprint density at radius 3 is 2.28 bits per heavy atom. The van der Waals surface area contributed by atoms with E-state index in [9.17, 15) is 4.79 Å². The molecule has 170 valence electrons. The number of ether oxygens (including phenoxy) is 2. The average molecular weight is 455 g/mol. The van der Waals surface area contributed by atoms with Gasteiger partial charge in [0.15, 0.2) is 11.0 Å². The molecule has 0 saturated carbocycles. The first kappa shape index (κ1) is 23.7. The number of benzene rings is 2. The summed E-state index contributed by atoms with van der Waals surface area (Å²) < 4.78 is 13.2. The lowest BCUT2D eigenvalue weighted by atomic mass is 10.2. The van der Waals surface area contributed by atoms with Gasteiger partial charge in [-0.3, -0.25) is 4.79 Å². The highest BCUT2D eigenvalue weighted by molar-refractivity contribution is 7.99. The van der Waals surface area contributed by atoms with Crippen LogP contribution in [0.2, 0.25) is 0 Å². The first-order valence-electron chi connectivity index (χ1n) is 10.8.